The van der Waals surface area contributed by atoms with Gasteiger partial charge in [-0.2, -0.15) is 0 Å². The fourth-order valence-electron chi connectivity index (χ4n) is 2.33. The molecule has 0 aliphatic carbocycles. The van der Waals surface area contributed by atoms with E-state index in [1.807, 2.05) is 6.07 Å². The zero-order valence-corrected chi connectivity index (χ0v) is 11.9. The molecule has 0 saturated carbocycles. The maximum Gasteiger partial charge on any atom is 0.250 e. The highest BCUT2D eigenvalue weighted by molar-refractivity contribution is 5.92. The molecule has 0 atom stereocenters. The second-order valence-corrected chi connectivity index (χ2v) is 5.91. The van der Waals surface area contributed by atoms with Crippen molar-refractivity contribution in [3.05, 3.63) is 23.9 Å². The number of rotatable bonds is 2. The molecule has 2 rings (SSSR count). The third kappa shape index (κ3) is 3.23. The van der Waals surface area contributed by atoms with E-state index in [1.165, 1.54) is 0 Å². The Hall–Kier alpha value is -1.62. The van der Waals surface area contributed by atoms with E-state index in [0.29, 0.717) is 5.56 Å². The number of hydrogen-bond acceptors (Lipinski definition) is 4. The molecule has 2 heterocycles. The van der Waals surface area contributed by atoms with Crippen LogP contribution in [0.25, 0.3) is 0 Å². The van der Waals surface area contributed by atoms with E-state index in [1.54, 1.807) is 12.3 Å². The van der Waals surface area contributed by atoms with E-state index in [9.17, 15) is 4.79 Å². The Labute approximate surface area is 114 Å². The fourth-order valence-corrected chi connectivity index (χ4v) is 2.33. The number of pyridine rings is 1. The topological polar surface area (TPSA) is 62.5 Å². The second-order valence-electron chi connectivity index (χ2n) is 5.91. The first kappa shape index (κ1) is 13.8. The van der Waals surface area contributed by atoms with E-state index in [2.05, 4.69) is 35.6 Å². The molecule has 0 spiro atoms. The summed E-state index contributed by atoms with van der Waals surface area (Å²) < 4.78 is 0. The number of carbonyl (C=O) groups is 1. The van der Waals surface area contributed by atoms with Crippen molar-refractivity contribution in [2.24, 2.45) is 5.73 Å². The largest absolute Gasteiger partial charge is 0.366 e. The third-order valence-corrected chi connectivity index (χ3v) is 3.58. The van der Waals surface area contributed by atoms with Crippen LogP contribution in [0.15, 0.2) is 18.3 Å². The SMILES string of the molecule is CC(C)(C)N1CCN(c2ccc(C(N)=O)cn2)CC1. The van der Waals surface area contributed by atoms with Gasteiger partial charge in [-0.3, -0.25) is 9.69 Å². The summed E-state index contributed by atoms with van der Waals surface area (Å²) in [7, 11) is 0. The van der Waals surface area contributed by atoms with Gasteiger partial charge >= 0.3 is 0 Å². The lowest BCUT2D eigenvalue weighted by Gasteiger charge is -2.42. The van der Waals surface area contributed by atoms with E-state index < -0.39 is 5.91 Å². The van der Waals surface area contributed by atoms with Crippen molar-refractivity contribution < 1.29 is 4.79 Å². The Morgan fingerprint density at radius 2 is 1.84 bits per heavy atom. The van der Waals surface area contributed by atoms with Crippen molar-refractivity contribution in [2.45, 2.75) is 26.3 Å². The van der Waals surface area contributed by atoms with E-state index in [-0.39, 0.29) is 5.54 Å². The zero-order chi connectivity index (χ0) is 14.0. The number of aromatic nitrogens is 1. The molecule has 1 aromatic rings. The van der Waals surface area contributed by atoms with Crippen LogP contribution in [-0.2, 0) is 0 Å². The number of hydrogen-bond donors (Lipinski definition) is 1. The van der Waals surface area contributed by atoms with E-state index in [4.69, 9.17) is 5.73 Å². The molecule has 1 amide bonds. The second kappa shape index (κ2) is 5.17. The Bertz CT molecular complexity index is 442. The van der Waals surface area contributed by atoms with Gasteiger partial charge in [0.25, 0.3) is 0 Å². The minimum atomic E-state index is -0.434. The molecule has 5 nitrogen and oxygen atoms in total. The molecule has 0 radical (unpaired) electrons. The minimum absolute atomic E-state index is 0.218. The van der Waals surface area contributed by atoms with Crippen LogP contribution < -0.4 is 10.6 Å². The van der Waals surface area contributed by atoms with Gasteiger partial charge in [-0.15, -0.1) is 0 Å². The summed E-state index contributed by atoms with van der Waals surface area (Å²) >= 11 is 0. The molecule has 1 aromatic heterocycles. The van der Waals surface area contributed by atoms with Crippen LogP contribution in [0.3, 0.4) is 0 Å². The standard InChI is InChI=1S/C14H22N4O/c1-14(2,3)18-8-6-17(7-9-18)12-5-4-11(10-16-12)13(15)19/h4-5,10H,6-9H2,1-3H3,(H2,15,19). The number of anilines is 1. The highest BCUT2D eigenvalue weighted by Crippen LogP contribution is 2.19. The summed E-state index contributed by atoms with van der Waals surface area (Å²) in [6.45, 7) is 10.7. The molecule has 2 N–H and O–H groups in total. The molecule has 1 aliphatic rings. The van der Waals surface area contributed by atoms with E-state index >= 15 is 0 Å². The first-order chi connectivity index (χ1) is 8.88. The summed E-state index contributed by atoms with van der Waals surface area (Å²) in [5.74, 6) is 0.482. The van der Waals surface area contributed by atoms with Crippen molar-refractivity contribution in [3.8, 4) is 0 Å². The monoisotopic (exact) mass is 262 g/mol. The lowest BCUT2D eigenvalue weighted by atomic mass is 10.0. The molecule has 1 aliphatic heterocycles. The number of nitrogens with zero attached hydrogens (tertiary/aromatic N) is 3. The van der Waals surface area contributed by atoms with Crippen molar-refractivity contribution in [1.29, 1.82) is 0 Å². The van der Waals surface area contributed by atoms with Crippen molar-refractivity contribution >= 4 is 11.7 Å². The number of carbonyl (C=O) groups excluding carboxylic acids is 1. The Morgan fingerprint density at radius 1 is 1.21 bits per heavy atom. The molecule has 19 heavy (non-hydrogen) atoms. The maximum atomic E-state index is 11.0. The van der Waals surface area contributed by atoms with Crippen LogP contribution in [0.1, 0.15) is 31.1 Å². The summed E-state index contributed by atoms with van der Waals surface area (Å²) in [4.78, 5) is 20.0. The molecular formula is C14H22N4O. The van der Waals surface area contributed by atoms with Crippen LogP contribution >= 0.6 is 0 Å². The van der Waals surface area contributed by atoms with Crippen molar-refractivity contribution in [3.63, 3.8) is 0 Å². The normalized spacial score (nSPS) is 17.5. The summed E-state index contributed by atoms with van der Waals surface area (Å²) in [5, 5.41) is 0. The van der Waals surface area contributed by atoms with Gasteiger partial charge < -0.3 is 10.6 Å². The first-order valence-corrected chi connectivity index (χ1v) is 6.64. The van der Waals surface area contributed by atoms with Crippen LogP contribution in [0.4, 0.5) is 5.82 Å². The summed E-state index contributed by atoms with van der Waals surface area (Å²) in [5.41, 5.74) is 5.88. The molecule has 0 bridgehead atoms. The van der Waals surface area contributed by atoms with Gasteiger partial charge in [-0.05, 0) is 32.9 Å². The van der Waals surface area contributed by atoms with Gasteiger partial charge in [0.15, 0.2) is 0 Å². The Balaban J connectivity index is 2.00. The predicted molar refractivity (Wildman–Crippen MR) is 76.3 cm³/mol. The lowest BCUT2D eigenvalue weighted by Crippen LogP contribution is -2.53. The molecule has 1 saturated heterocycles. The highest BCUT2D eigenvalue weighted by Gasteiger charge is 2.26. The van der Waals surface area contributed by atoms with Gasteiger partial charge in [0.2, 0.25) is 5.91 Å². The number of primary amides is 1. The average molecular weight is 262 g/mol. The molecule has 0 aromatic carbocycles. The van der Waals surface area contributed by atoms with E-state index in [0.717, 1.165) is 32.0 Å². The minimum Gasteiger partial charge on any atom is -0.366 e. The first-order valence-electron chi connectivity index (χ1n) is 6.64. The average Bonchev–Trinajstić information content (AvgIpc) is 2.38. The van der Waals surface area contributed by atoms with Gasteiger partial charge in [0.05, 0.1) is 5.56 Å². The molecule has 104 valence electrons. The molecule has 5 heteroatoms. The van der Waals surface area contributed by atoms with Gasteiger partial charge in [-0.1, -0.05) is 0 Å². The predicted octanol–water partition coefficient (Wildman–Crippen LogP) is 1.10. The van der Waals surface area contributed by atoms with Gasteiger partial charge in [0, 0.05) is 37.9 Å². The third-order valence-electron chi connectivity index (χ3n) is 3.58. The quantitative estimate of drug-likeness (QED) is 0.867. The number of nitrogens with two attached hydrogens (primary N) is 1. The molecule has 1 fully saturated rings. The maximum absolute atomic E-state index is 11.0. The van der Waals surface area contributed by atoms with Crippen LogP contribution in [-0.4, -0.2) is 47.5 Å². The number of piperazine rings is 1. The Kier molecular flexibility index (Phi) is 3.75. The van der Waals surface area contributed by atoms with Crippen molar-refractivity contribution in [2.75, 3.05) is 31.1 Å². The molecular weight excluding hydrogens is 240 g/mol. The fraction of sp³-hybridized carbons (Fsp3) is 0.571. The Morgan fingerprint density at radius 3 is 2.26 bits per heavy atom. The zero-order valence-electron chi connectivity index (χ0n) is 11.9. The van der Waals surface area contributed by atoms with Crippen LogP contribution in [0, 0.1) is 0 Å². The highest BCUT2D eigenvalue weighted by atomic mass is 16.1. The van der Waals surface area contributed by atoms with Crippen molar-refractivity contribution in [1.82, 2.24) is 9.88 Å². The van der Waals surface area contributed by atoms with Gasteiger partial charge in [0.1, 0.15) is 5.82 Å². The summed E-state index contributed by atoms with van der Waals surface area (Å²) in [6, 6.07) is 3.60. The molecule has 0 unspecified atom stereocenters. The van der Waals surface area contributed by atoms with Gasteiger partial charge in [-0.25, -0.2) is 4.98 Å². The smallest absolute Gasteiger partial charge is 0.250 e. The number of amides is 1. The lowest BCUT2D eigenvalue weighted by molar-refractivity contribution is 0.1000. The van der Waals surface area contributed by atoms with Crippen LogP contribution in [0.2, 0.25) is 0 Å². The summed E-state index contributed by atoms with van der Waals surface area (Å²) in [6.07, 6.45) is 1.55. The van der Waals surface area contributed by atoms with Crippen LogP contribution in [0.5, 0.6) is 0 Å².